The number of allylic oxidation sites excluding steroid dienone is 2. The number of aliphatic hydroxyl groups is 1. The molecule has 0 radical (unpaired) electrons. The van der Waals surface area contributed by atoms with Gasteiger partial charge < -0.3 is 5.11 Å². The molecule has 72 valence electrons. The van der Waals surface area contributed by atoms with Gasteiger partial charge in [-0.15, -0.1) is 6.58 Å². The molecular formula is C11H16O2. The number of hydrogen-bond acceptors (Lipinski definition) is 2. The highest BCUT2D eigenvalue weighted by atomic mass is 16.3. The van der Waals surface area contributed by atoms with E-state index in [0.717, 1.165) is 30.4 Å². The van der Waals surface area contributed by atoms with Gasteiger partial charge in [0.25, 0.3) is 0 Å². The minimum absolute atomic E-state index is 0.120. The number of hydrogen-bond donors (Lipinski definition) is 1. The Labute approximate surface area is 79.0 Å². The van der Waals surface area contributed by atoms with E-state index in [1.165, 1.54) is 0 Å². The molecule has 2 nitrogen and oxygen atoms in total. The van der Waals surface area contributed by atoms with Crippen molar-refractivity contribution in [1.82, 2.24) is 0 Å². The Balaban J connectivity index is 2.56. The molecule has 1 rings (SSSR count). The number of ketones is 1. The summed E-state index contributed by atoms with van der Waals surface area (Å²) < 4.78 is 0. The van der Waals surface area contributed by atoms with E-state index in [1.807, 2.05) is 13.0 Å². The van der Waals surface area contributed by atoms with Gasteiger partial charge in [0.2, 0.25) is 0 Å². The van der Waals surface area contributed by atoms with Crippen molar-refractivity contribution < 1.29 is 9.90 Å². The van der Waals surface area contributed by atoms with Crippen LogP contribution in [0, 0.1) is 0 Å². The molecule has 1 unspecified atom stereocenters. The largest absolute Gasteiger partial charge is 0.388 e. The number of unbranched alkanes of at least 4 members (excludes halogenated alkanes) is 1. The van der Waals surface area contributed by atoms with Crippen molar-refractivity contribution >= 4 is 5.78 Å². The van der Waals surface area contributed by atoms with E-state index < -0.39 is 6.10 Å². The molecule has 1 aliphatic rings. The molecular weight excluding hydrogens is 164 g/mol. The van der Waals surface area contributed by atoms with Crippen molar-refractivity contribution in [2.45, 2.75) is 38.7 Å². The van der Waals surface area contributed by atoms with Crippen LogP contribution in [0.15, 0.2) is 23.8 Å². The molecule has 0 aromatic rings. The fourth-order valence-corrected chi connectivity index (χ4v) is 1.63. The molecule has 0 saturated carbocycles. The summed E-state index contributed by atoms with van der Waals surface area (Å²) in [6.45, 7) is 5.47. The maximum Gasteiger partial charge on any atom is 0.161 e. The highest BCUT2D eigenvalue weighted by Crippen LogP contribution is 2.26. The van der Waals surface area contributed by atoms with E-state index in [-0.39, 0.29) is 12.2 Å². The van der Waals surface area contributed by atoms with Crippen LogP contribution in [0.3, 0.4) is 0 Å². The van der Waals surface area contributed by atoms with E-state index in [4.69, 9.17) is 0 Å². The summed E-state index contributed by atoms with van der Waals surface area (Å²) in [6, 6.07) is 0. The van der Waals surface area contributed by atoms with E-state index >= 15 is 0 Å². The van der Waals surface area contributed by atoms with Crippen molar-refractivity contribution in [3.63, 3.8) is 0 Å². The van der Waals surface area contributed by atoms with Crippen molar-refractivity contribution in [3.05, 3.63) is 23.8 Å². The Morgan fingerprint density at radius 1 is 1.69 bits per heavy atom. The van der Waals surface area contributed by atoms with E-state index in [9.17, 15) is 9.90 Å². The molecule has 0 spiro atoms. The fraction of sp³-hybridized carbons (Fsp3) is 0.545. The van der Waals surface area contributed by atoms with Crippen molar-refractivity contribution in [1.29, 1.82) is 0 Å². The topological polar surface area (TPSA) is 37.3 Å². The van der Waals surface area contributed by atoms with Gasteiger partial charge in [-0.25, -0.2) is 0 Å². The zero-order chi connectivity index (χ0) is 9.84. The molecule has 0 amide bonds. The molecule has 0 aromatic carbocycles. The Morgan fingerprint density at radius 3 is 2.85 bits per heavy atom. The SMILES string of the molecule is C=CCCCC1=C(C)C(O)CC1=O. The van der Waals surface area contributed by atoms with Crippen LogP contribution in [0.25, 0.3) is 0 Å². The summed E-state index contributed by atoms with van der Waals surface area (Å²) in [5.41, 5.74) is 1.71. The van der Waals surface area contributed by atoms with Gasteiger partial charge in [-0.3, -0.25) is 4.79 Å². The Morgan fingerprint density at radius 2 is 2.38 bits per heavy atom. The normalized spacial score (nSPS) is 22.6. The van der Waals surface area contributed by atoms with Crippen LogP contribution >= 0.6 is 0 Å². The molecule has 0 heterocycles. The third kappa shape index (κ3) is 2.28. The fourth-order valence-electron chi connectivity index (χ4n) is 1.63. The molecule has 1 N–H and O–H groups in total. The van der Waals surface area contributed by atoms with Crippen molar-refractivity contribution in [2.75, 3.05) is 0 Å². The number of rotatable bonds is 4. The zero-order valence-corrected chi connectivity index (χ0v) is 8.05. The van der Waals surface area contributed by atoms with Crippen molar-refractivity contribution in [2.24, 2.45) is 0 Å². The predicted molar refractivity (Wildman–Crippen MR) is 52.4 cm³/mol. The average Bonchev–Trinajstić information content (AvgIpc) is 2.32. The lowest BCUT2D eigenvalue weighted by Gasteiger charge is -2.01. The van der Waals surface area contributed by atoms with Gasteiger partial charge in [-0.1, -0.05) is 6.08 Å². The molecule has 1 aliphatic carbocycles. The van der Waals surface area contributed by atoms with Crippen LogP contribution in [0.4, 0.5) is 0 Å². The maximum absolute atomic E-state index is 11.3. The van der Waals surface area contributed by atoms with Crippen LogP contribution in [0.1, 0.15) is 32.6 Å². The average molecular weight is 180 g/mol. The van der Waals surface area contributed by atoms with E-state index in [2.05, 4.69) is 6.58 Å². The molecule has 2 heteroatoms. The lowest BCUT2D eigenvalue weighted by Crippen LogP contribution is -2.03. The molecule has 0 aliphatic heterocycles. The first-order chi connectivity index (χ1) is 6.16. The van der Waals surface area contributed by atoms with Crippen LogP contribution in [0.5, 0.6) is 0 Å². The second kappa shape index (κ2) is 4.38. The standard InChI is InChI=1S/C11H16O2/c1-3-4-5-6-9-8(2)10(12)7-11(9)13/h3,10,12H,1,4-7H2,2H3. The monoisotopic (exact) mass is 180 g/mol. The van der Waals surface area contributed by atoms with Gasteiger partial charge >= 0.3 is 0 Å². The van der Waals surface area contributed by atoms with Gasteiger partial charge in [0, 0.05) is 6.42 Å². The smallest absolute Gasteiger partial charge is 0.161 e. The van der Waals surface area contributed by atoms with Crippen LogP contribution in [-0.2, 0) is 4.79 Å². The van der Waals surface area contributed by atoms with Gasteiger partial charge in [-0.05, 0) is 37.3 Å². The molecule has 0 saturated heterocycles. The van der Waals surface area contributed by atoms with Gasteiger partial charge in [-0.2, -0.15) is 0 Å². The first-order valence-electron chi connectivity index (χ1n) is 4.68. The lowest BCUT2D eigenvalue weighted by atomic mass is 10.0. The first kappa shape index (κ1) is 10.2. The predicted octanol–water partition coefficient (Wildman–Crippen LogP) is 1.99. The van der Waals surface area contributed by atoms with Gasteiger partial charge in [0.15, 0.2) is 5.78 Å². The number of carbonyl (C=O) groups is 1. The third-order valence-corrected chi connectivity index (χ3v) is 2.53. The molecule has 13 heavy (non-hydrogen) atoms. The zero-order valence-electron chi connectivity index (χ0n) is 8.05. The number of carbonyl (C=O) groups excluding carboxylic acids is 1. The highest BCUT2D eigenvalue weighted by molar-refractivity contribution is 5.99. The highest BCUT2D eigenvalue weighted by Gasteiger charge is 2.26. The van der Waals surface area contributed by atoms with Gasteiger partial charge in [0.05, 0.1) is 6.10 Å². The van der Waals surface area contributed by atoms with Gasteiger partial charge in [0.1, 0.15) is 0 Å². The summed E-state index contributed by atoms with van der Waals surface area (Å²) in [5.74, 6) is 0.120. The summed E-state index contributed by atoms with van der Waals surface area (Å²) in [6.07, 6.45) is 4.29. The maximum atomic E-state index is 11.3. The second-order valence-electron chi connectivity index (χ2n) is 3.49. The Bertz CT molecular complexity index is 251. The quantitative estimate of drug-likeness (QED) is 0.530. The molecule has 0 fully saturated rings. The lowest BCUT2D eigenvalue weighted by molar-refractivity contribution is -0.115. The minimum Gasteiger partial charge on any atom is -0.388 e. The second-order valence-corrected chi connectivity index (χ2v) is 3.49. The number of Topliss-reactive ketones (excluding diaryl/α,β-unsaturated/α-hetero) is 1. The van der Waals surface area contributed by atoms with Crippen LogP contribution in [0.2, 0.25) is 0 Å². The molecule has 0 bridgehead atoms. The summed E-state index contributed by atoms with van der Waals surface area (Å²) in [7, 11) is 0. The minimum atomic E-state index is -0.522. The Kier molecular flexibility index (Phi) is 3.43. The van der Waals surface area contributed by atoms with Crippen LogP contribution < -0.4 is 0 Å². The third-order valence-electron chi connectivity index (χ3n) is 2.53. The van der Waals surface area contributed by atoms with Crippen LogP contribution in [-0.4, -0.2) is 17.0 Å². The molecule has 0 aromatic heterocycles. The van der Waals surface area contributed by atoms with Crippen molar-refractivity contribution in [3.8, 4) is 0 Å². The molecule has 1 atom stereocenters. The van der Waals surface area contributed by atoms with E-state index in [1.54, 1.807) is 0 Å². The summed E-state index contributed by atoms with van der Waals surface area (Å²) in [5, 5.41) is 9.40. The summed E-state index contributed by atoms with van der Waals surface area (Å²) >= 11 is 0. The number of aliphatic hydroxyl groups excluding tert-OH is 1. The summed E-state index contributed by atoms with van der Waals surface area (Å²) in [4.78, 5) is 11.3. The Hall–Kier alpha value is -0.890. The van der Waals surface area contributed by atoms with E-state index in [0.29, 0.717) is 0 Å². The first-order valence-corrected chi connectivity index (χ1v) is 4.68.